The Labute approximate surface area is 83.7 Å². The maximum absolute atomic E-state index is 11.4. The number of nitrogens with one attached hydrogen (secondary N) is 1. The molecule has 5 heteroatoms. The van der Waals surface area contributed by atoms with Crippen LogP contribution in [0.25, 0.3) is 0 Å². The topological polar surface area (TPSA) is 56.8 Å². The Hall–Kier alpha value is -0.650. The van der Waals surface area contributed by atoms with E-state index in [0.29, 0.717) is 13.2 Å². The van der Waals surface area contributed by atoms with E-state index in [1.165, 1.54) is 14.2 Å². The Morgan fingerprint density at radius 2 is 2.29 bits per heavy atom. The largest absolute Gasteiger partial charge is 0.368 e. The van der Waals surface area contributed by atoms with Gasteiger partial charge in [-0.3, -0.25) is 4.79 Å². The summed E-state index contributed by atoms with van der Waals surface area (Å²) >= 11 is 0. The maximum atomic E-state index is 11.4. The zero-order valence-electron chi connectivity index (χ0n) is 8.62. The highest BCUT2D eigenvalue weighted by Gasteiger charge is 2.23. The average Bonchev–Trinajstić information content (AvgIpc) is 2.72. The number of ether oxygens (including phenoxy) is 3. The highest BCUT2D eigenvalue weighted by atomic mass is 16.7. The SMILES string of the molecule is COC(CNC(=O)C1CCCO1)OC. The predicted octanol–water partition coefficient (Wildman–Crippen LogP) is -0.0995. The normalized spacial score (nSPS) is 21.5. The maximum Gasteiger partial charge on any atom is 0.249 e. The molecule has 1 aliphatic rings. The fraction of sp³-hybridized carbons (Fsp3) is 0.889. The van der Waals surface area contributed by atoms with Crippen LogP contribution in [0.3, 0.4) is 0 Å². The van der Waals surface area contributed by atoms with Crippen molar-refractivity contribution in [1.82, 2.24) is 5.32 Å². The van der Waals surface area contributed by atoms with Crippen LogP contribution in [0.1, 0.15) is 12.8 Å². The zero-order chi connectivity index (χ0) is 10.4. The third kappa shape index (κ3) is 3.25. The minimum Gasteiger partial charge on any atom is -0.368 e. The second-order valence-corrected chi connectivity index (χ2v) is 3.15. The number of carbonyl (C=O) groups is 1. The van der Waals surface area contributed by atoms with Crippen LogP contribution < -0.4 is 5.32 Å². The minimum atomic E-state index is -0.389. The van der Waals surface area contributed by atoms with Gasteiger partial charge in [0.15, 0.2) is 6.29 Å². The summed E-state index contributed by atoms with van der Waals surface area (Å²) in [6, 6.07) is 0. The lowest BCUT2D eigenvalue weighted by molar-refractivity contribution is -0.135. The van der Waals surface area contributed by atoms with Gasteiger partial charge >= 0.3 is 0 Å². The van der Waals surface area contributed by atoms with E-state index in [-0.39, 0.29) is 18.3 Å². The van der Waals surface area contributed by atoms with E-state index >= 15 is 0 Å². The highest BCUT2D eigenvalue weighted by Crippen LogP contribution is 2.11. The molecule has 14 heavy (non-hydrogen) atoms. The molecule has 1 N–H and O–H groups in total. The first-order valence-electron chi connectivity index (χ1n) is 4.73. The number of amides is 1. The molecule has 82 valence electrons. The van der Waals surface area contributed by atoms with Gasteiger partial charge < -0.3 is 19.5 Å². The van der Waals surface area contributed by atoms with Gasteiger partial charge in [-0.1, -0.05) is 0 Å². The number of rotatable bonds is 5. The molecule has 1 rings (SSSR count). The fourth-order valence-corrected chi connectivity index (χ4v) is 1.35. The van der Waals surface area contributed by atoms with Crippen LogP contribution in [0.5, 0.6) is 0 Å². The summed E-state index contributed by atoms with van der Waals surface area (Å²) < 4.78 is 15.1. The van der Waals surface area contributed by atoms with Gasteiger partial charge in [-0.15, -0.1) is 0 Å². The van der Waals surface area contributed by atoms with Crippen molar-refractivity contribution < 1.29 is 19.0 Å². The van der Waals surface area contributed by atoms with Gasteiger partial charge in [0, 0.05) is 20.8 Å². The molecule has 0 aromatic rings. The lowest BCUT2D eigenvalue weighted by Gasteiger charge is -2.15. The first kappa shape index (κ1) is 11.4. The van der Waals surface area contributed by atoms with E-state index in [9.17, 15) is 4.79 Å². The quantitative estimate of drug-likeness (QED) is 0.634. The first-order valence-corrected chi connectivity index (χ1v) is 4.73. The van der Waals surface area contributed by atoms with Crippen molar-refractivity contribution in [3.8, 4) is 0 Å². The van der Waals surface area contributed by atoms with Crippen LogP contribution in [0.2, 0.25) is 0 Å². The molecule has 1 saturated heterocycles. The van der Waals surface area contributed by atoms with Gasteiger partial charge in [-0.25, -0.2) is 0 Å². The molecule has 1 amide bonds. The van der Waals surface area contributed by atoms with E-state index in [2.05, 4.69) is 5.32 Å². The zero-order valence-corrected chi connectivity index (χ0v) is 8.62. The van der Waals surface area contributed by atoms with Gasteiger partial charge in [-0.05, 0) is 12.8 Å². The second-order valence-electron chi connectivity index (χ2n) is 3.15. The summed E-state index contributed by atoms with van der Waals surface area (Å²) in [5.41, 5.74) is 0. The van der Waals surface area contributed by atoms with Crippen LogP contribution >= 0.6 is 0 Å². The van der Waals surface area contributed by atoms with Gasteiger partial charge in [0.2, 0.25) is 5.91 Å². The summed E-state index contributed by atoms with van der Waals surface area (Å²) in [5, 5.41) is 2.71. The monoisotopic (exact) mass is 203 g/mol. The molecule has 1 unspecified atom stereocenters. The molecule has 0 aromatic heterocycles. The van der Waals surface area contributed by atoms with Crippen molar-refractivity contribution >= 4 is 5.91 Å². The Balaban J connectivity index is 2.19. The molecule has 0 spiro atoms. The third-order valence-electron chi connectivity index (χ3n) is 2.19. The van der Waals surface area contributed by atoms with Crippen molar-refractivity contribution in [2.24, 2.45) is 0 Å². The molecule has 1 heterocycles. The fourth-order valence-electron chi connectivity index (χ4n) is 1.35. The molecule has 0 aliphatic carbocycles. The van der Waals surface area contributed by atoms with E-state index in [0.717, 1.165) is 12.8 Å². The summed E-state index contributed by atoms with van der Waals surface area (Å²) in [5.74, 6) is -0.0819. The van der Waals surface area contributed by atoms with Gasteiger partial charge in [0.25, 0.3) is 0 Å². The molecule has 1 aliphatic heterocycles. The standard InChI is InChI=1S/C9H17NO4/c1-12-8(13-2)6-10-9(11)7-4-3-5-14-7/h7-8H,3-6H2,1-2H3,(H,10,11). The van der Waals surface area contributed by atoms with Crippen molar-refractivity contribution in [2.45, 2.75) is 25.2 Å². The van der Waals surface area contributed by atoms with Crippen LogP contribution in [0, 0.1) is 0 Å². The van der Waals surface area contributed by atoms with Crippen molar-refractivity contribution in [3.05, 3.63) is 0 Å². The minimum absolute atomic E-state index is 0.0819. The second kappa shape index (κ2) is 5.95. The van der Waals surface area contributed by atoms with Crippen molar-refractivity contribution in [2.75, 3.05) is 27.4 Å². The van der Waals surface area contributed by atoms with E-state index in [1.54, 1.807) is 0 Å². The van der Waals surface area contributed by atoms with Crippen LogP contribution in [-0.4, -0.2) is 45.7 Å². The molecule has 0 radical (unpaired) electrons. The molecular formula is C9H17NO4. The van der Waals surface area contributed by atoms with E-state index in [4.69, 9.17) is 14.2 Å². The molecule has 0 saturated carbocycles. The lowest BCUT2D eigenvalue weighted by Crippen LogP contribution is -2.39. The first-order chi connectivity index (χ1) is 6.77. The average molecular weight is 203 g/mol. The molecule has 1 atom stereocenters. The number of carbonyl (C=O) groups excluding carboxylic acids is 1. The van der Waals surface area contributed by atoms with E-state index < -0.39 is 0 Å². The summed E-state index contributed by atoms with van der Waals surface area (Å²) in [6.45, 7) is 1.03. The number of hydrogen-bond donors (Lipinski definition) is 1. The predicted molar refractivity (Wildman–Crippen MR) is 49.8 cm³/mol. The molecular weight excluding hydrogens is 186 g/mol. The lowest BCUT2D eigenvalue weighted by atomic mass is 10.2. The Bertz CT molecular complexity index is 176. The van der Waals surface area contributed by atoms with Crippen molar-refractivity contribution in [1.29, 1.82) is 0 Å². The molecule has 0 bridgehead atoms. The summed E-state index contributed by atoms with van der Waals surface area (Å²) in [4.78, 5) is 11.4. The molecule has 5 nitrogen and oxygen atoms in total. The highest BCUT2D eigenvalue weighted by molar-refractivity contribution is 5.80. The Kier molecular flexibility index (Phi) is 4.86. The summed E-state index contributed by atoms with van der Waals surface area (Å²) in [6.07, 6.45) is 1.08. The van der Waals surface area contributed by atoms with Gasteiger partial charge in [0.1, 0.15) is 6.10 Å². The van der Waals surface area contributed by atoms with Crippen LogP contribution in [-0.2, 0) is 19.0 Å². The van der Waals surface area contributed by atoms with E-state index in [1.807, 2.05) is 0 Å². The summed E-state index contributed by atoms with van der Waals surface area (Å²) in [7, 11) is 3.07. The van der Waals surface area contributed by atoms with Crippen molar-refractivity contribution in [3.63, 3.8) is 0 Å². The number of methoxy groups -OCH3 is 2. The van der Waals surface area contributed by atoms with Gasteiger partial charge in [-0.2, -0.15) is 0 Å². The molecule has 0 aromatic carbocycles. The molecule has 1 fully saturated rings. The smallest absolute Gasteiger partial charge is 0.249 e. The third-order valence-corrected chi connectivity index (χ3v) is 2.19. The number of hydrogen-bond acceptors (Lipinski definition) is 4. The Morgan fingerprint density at radius 1 is 1.57 bits per heavy atom. The van der Waals surface area contributed by atoms with Crippen LogP contribution in [0.4, 0.5) is 0 Å². The Morgan fingerprint density at radius 3 is 2.79 bits per heavy atom. The van der Waals surface area contributed by atoms with Crippen LogP contribution in [0.15, 0.2) is 0 Å². The van der Waals surface area contributed by atoms with Gasteiger partial charge in [0.05, 0.1) is 6.54 Å².